The predicted octanol–water partition coefficient (Wildman–Crippen LogP) is -1.78. The van der Waals surface area contributed by atoms with Gasteiger partial charge in [-0.3, -0.25) is 19.2 Å². The van der Waals surface area contributed by atoms with Crippen LogP contribution in [0.2, 0.25) is 0 Å². The number of carbonyl (C=O) groups excluding carboxylic acids is 4. The Morgan fingerprint density at radius 3 is 2.03 bits per heavy atom. The molecule has 0 bridgehead atoms. The molecule has 0 radical (unpaired) electrons. The molecule has 0 saturated heterocycles. The Morgan fingerprint density at radius 1 is 0.939 bits per heavy atom. The minimum Gasteiger partial charge on any atom is -0.480 e. The first-order chi connectivity index (χ1) is 15.5. The number of primary amides is 1. The lowest BCUT2D eigenvalue weighted by Gasteiger charge is -2.28. The van der Waals surface area contributed by atoms with Crippen LogP contribution in [0.1, 0.15) is 52.4 Å². The van der Waals surface area contributed by atoms with E-state index in [-0.39, 0.29) is 30.9 Å². The van der Waals surface area contributed by atoms with Gasteiger partial charge in [0.25, 0.3) is 0 Å². The lowest BCUT2D eigenvalue weighted by atomic mass is 9.96. The van der Waals surface area contributed by atoms with E-state index in [9.17, 15) is 24.0 Å². The molecule has 13 heteroatoms. The highest BCUT2D eigenvalue weighted by atomic mass is 32.1. The molecular formula is C20H38N6O6S. The molecule has 12 nitrogen and oxygen atoms in total. The van der Waals surface area contributed by atoms with Crippen LogP contribution < -0.4 is 33.2 Å². The Bertz CT molecular complexity index is 679. The largest absolute Gasteiger partial charge is 0.480 e. The van der Waals surface area contributed by atoms with E-state index in [0.717, 1.165) is 0 Å². The summed E-state index contributed by atoms with van der Waals surface area (Å²) >= 11 is 3.92. The predicted molar refractivity (Wildman–Crippen MR) is 126 cm³/mol. The van der Waals surface area contributed by atoms with Crippen molar-refractivity contribution in [1.29, 1.82) is 0 Å². The van der Waals surface area contributed by atoms with Gasteiger partial charge in [0.1, 0.15) is 18.1 Å². The first kappa shape index (κ1) is 30.6. The van der Waals surface area contributed by atoms with Crippen molar-refractivity contribution < 1.29 is 29.1 Å². The van der Waals surface area contributed by atoms with Crippen molar-refractivity contribution in [2.45, 2.75) is 76.5 Å². The van der Waals surface area contributed by atoms with Crippen LogP contribution in [0.3, 0.4) is 0 Å². The fourth-order valence-electron chi connectivity index (χ4n) is 2.87. The number of hydrogen-bond acceptors (Lipinski definition) is 8. The van der Waals surface area contributed by atoms with Crippen molar-refractivity contribution in [3.63, 3.8) is 0 Å². The average Bonchev–Trinajstić information content (AvgIpc) is 2.77. The third-order valence-electron chi connectivity index (χ3n) is 5.21. The van der Waals surface area contributed by atoms with Gasteiger partial charge in [-0.1, -0.05) is 20.3 Å². The molecule has 33 heavy (non-hydrogen) atoms. The zero-order valence-electron chi connectivity index (χ0n) is 19.2. The van der Waals surface area contributed by atoms with Crippen molar-refractivity contribution in [2.24, 2.45) is 23.1 Å². The van der Waals surface area contributed by atoms with E-state index in [2.05, 4.69) is 28.6 Å². The average molecular weight is 491 g/mol. The fraction of sp³-hybridized carbons (Fsp3) is 0.750. The summed E-state index contributed by atoms with van der Waals surface area (Å²) in [5, 5.41) is 16.7. The number of amides is 4. The zero-order valence-corrected chi connectivity index (χ0v) is 20.1. The van der Waals surface area contributed by atoms with Crippen LogP contribution in [0, 0.1) is 5.92 Å². The lowest BCUT2D eigenvalue weighted by molar-refractivity contribution is -0.141. The molecule has 0 rings (SSSR count). The summed E-state index contributed by atoms with van der Waals surface area (Å²) in [6, 6.07) is -4.28. The van der Waals surface area contributed by atoms with Crippen LogP contribution >= 0.6 is 12.6 Å². The SMILES string of the molecule is CCC(C)C(NC(=O)C(N)CCC(N)=O)C(=O)NC(CCCCN)C(=O)NC(CS)C(=O)O. The minimum absolute atomic E-state index is 0.0282. The molecule has 0 aliphatic rings. The summed E-state index contributed by atoms with van der Waals surface area (Å²) in [6.07, 6.45) is 1.85. The van der Waals surface area contributed by atoms with Crippen molar-refractivity contribution in [3.8, 4) is 0 Å². The van der Waals surface area contributed by atoms with Crippen LogP contribution in [0.15, 0.2) is 0 Å². The fourth-order valence-corrected chi connectivity index (χ4v) is 3.12. The van der Waals surface area contributed by atoms with Gasteiger partial charge in [-0.05, 0) is 38.1 Å². The molecular weight excluding hydrogens is 452 g/mol. The third-order valence-corrected chi connectivity index (χ3v) is 5.57. The molecule has 190 valence electrons. The van der Waals surface area contributed by atoms with Gasteiger partial charge in [0, 0.05) is 12.2 Å². The Hall–Kier alpha value is -2.38. The summed E-state index contributed by atoms with van der Waals surface area (Å²) in [7, 11) is 0. The first-order valence-electron chi connectivity index (χ1n) is 11.0. The van der Waals surface area contributed by atoms with Gasteiger partial charge in [0.2, 0.25) is 23.6 Å². The maximum atomic E-state index is 13.0. The van der Waals surface area contributed by atoms with Crippen LogP contribution in [0.4, 0.5) is 0 Å². The molecule has 0 aromatic carbocycles. The summed E-state index contributed by atoms with van der Waals surface area (Å²) in [5.74, 6) is -4.17. The molecule has 5 unspecified atom stereocenters. The standard InChI is InChI=1S/C20H38N6O6S/c1-3-11(2)16(26-17(28)12(22)7-8-15(23)27)19(30)24-13(6-4-5-9-21)18(29)25-14(10-33)20(31)32/h11-14,16,33H,3-10,21-22H2,1-2H3,(H2,23,27)(H,24,30)(H,25,29)(H,26,28)(H,31,32). The van der Waals surface area contributed by atoms with E-state index in [1.807, 2.05) is 6.92 Å². The topological polar surface area (TPSA) is 220 Å². The Balaban J connectivity index is 5.44. The number of rotatable bonds is 17. The van der Waals surface area contributed by atoms with E-state index in [1.54, 1.807) is 6.92 Å². The number of unbranched alkanes of at least 4 members (excludes halogenated alkanes) is 1. The van der Waals surface area contributed by atoms with Gasteiger partial charge >= 0.3 is 5.97 Å². The monoisotopic (exact) mass is 490 g/mol. The van der Waals surface area contributed by atoms with Gasteiger partial charge in [-0.25, -0.2) is 4.79 Å². The molecule has 0 heterocycles. The maximum Gasteiger partial charge on any atom is 0.327 e. The summed E-state index contributed by atoms with van der Waals surface area (Å²) < 4.78 is 0. The molecule has 4 amide bonds. The van der Waals surface area contributed by atoms with Crippen LogP contribution in [-0.4, -0.2) is 71.2 Å². The number of nitrogens with one attached hydrogen (secondary N) is 3. The molecule has 0 saturated carbocycles. The van der Waals surface area contributed by atoms with E-state index in [1.165, 1.54) is 0 Å². The second kappa shape index (κ2) is 16.3. The van der Waals surface area contributed by atoms with Crippen molar-refractivity contribution in [2.75, 3.05) is 12.3 Å². The molecule has 0 aromatic rings. The zero-order chi connectivity index (χ0) is 25.6. The maximum absolute atomic E-state index is 13.0. The normalized spacial score (nSPS) is 15.4. The highest BCUT2D eigenvalue weighted by Gasteiger charge is 2.32. The van der Waals surface area contributed by atoms with E-state index >= 15 is 0 Å². The second-order valence-electron chi connectivity index (χ2n) is 7.91. The summed E-state index contributed by atoms with van der Waals surface area (Å²) in [6.45, 7) is 3.98. The number of nitrogens with two attached hydrogens (primary N) is 3. The number of carbonyl (C=O) groups is 5. The van der Waals surface area contributed by atoms with Gasteiger partial charge < -0.3 is 38.3 Å². The number of carboxylic acids is 1. The molecule has 0 aliphatic heterocycles. The smallest absolute Gasteiger partial charge is 0.327 e. The Labute approximate surface area is 199 Å². The van der Waals surface area contributed by atoms with Crippen LogP contribution in [0.5, 0.6) is 0 Å². The highest BCUT2D eigenvalue weighted by molar-refractivity contribution is 7.80. The summed E-state index contributed by atoms with van der Waals surface area (Å²) in [5.41, 5.74) is 16.4. The highest BCUT2D eigenvalue weighted by Crippen LogP contribution is 2.11. The van der Waals surface area contributed by atoms with Gasteiger partial charge in [0.05, 0.1) is 6.04 Å². The quantitative estimate of drug-likeness (QED) is 0.0858. The number of hydrogen-bond donors (Lipinski definition) is 8. The molecule has 0 spiro atoms. The van der Waals surface area contributed by atoms with Gasteiger partial charge in [-0.15, -0.1) is 0 Å². The van der Waals surface area contributed by atoms with E-state index in [0.29, 0.717) is 25.8 Å². The van der Waals surface area contributed by atoms with Crippen molar-refractivity contribution in [1.82, 2.24) is 16.0 Å². The molecule has 0 aromatic heterocycles. The first-order valence-corrected chi connectivity index (χ1v) is 11.6. The minimum atomic E-state index is -1.25. The van der Waals surface area contributed by atoms with Crippen LogP contribution in [-0.2, 0) is 24.0 Å². The van der Waals surface area contributed by atoms with Gasteiger partial charge in [0.15, 0.2) is 0 Å². The molecule has 5 atom stereocenters. The molecule has 0 fully saturated rings. The lowest BCUT2D eigenvalue weighted by Crippen LogP contribution is -2.58. The third kappa shape index (κ3) is 11.9. The summed E-state index contributed by atoms with van der Waals surface area (Å²) in [4.78, 5) is 60.3. The second-order valence-corrected chi connectivity index (χ2v) is 8.28. The number of thiol groups is 1. The number of carboxylic acid groups (broad SMARTS) is 1. The van der Waals surface area contributed by atoms with Crippen LogP contribution in [0.25, 0.3) is 0 Å². The van der Waals surface area contributed by atoms with Gasteiger partial charge in [-0.2, -0.15) is 12.6 Å². The Kier molecular flexibility index (Phi) is 15.1. The Morgan fingerprint density at radius 2 is 1.55 bits per heavy atom. The van der Waals surface area contributed by atoms with E-state index in [4.69, 9.17) is 22.3 Å². The number of aliphatic carboxylic acids is 1. The molecule has 10 N–H and O–H groups in total. The van der Waals surface area contributed by atoms with Crippen molar-refractivity contribution in [3.05, 3.63) is 0 Å². The van der Waals surface area contributed by atoms with E-state index < -0.39 is 53.8 Å². The van der Waals surface area contributed by atoms with Crippen molar-refractivity contribution >= 4 is 42.2 Å². The molecule has 0 aliphatic carbocycles.